The highest BCUT2D eigenvalue weighted by Crippen LogP contribution is 2.12. The van der Waals surface area contributed by atoms with Gasteiger partial charge in [0.1, 0.15) is 0 Å². The number of hydrogen-bond donors (Lipinski definition) is 3. The van der Waals surface area contributed by atoms with Crippen LogP contribution in [0.1, 0.15) is 168 Å². The Kier molecular flexibility index (Phi) is 31.0. The number of carbonyl (C=O) groups is 1. The van der Waals surface area contributed by atoms with Gasteiger partial charge >= 0.3 is 0 Å². The zero-order valence-corrected chi connectivity index (χ0v) is 26.6. The minimum absolute atomic E-state index is 0.0810. The highest BCUT2D eigenvalue weighted by molar-refractivity contribution is 5.76. The predicted molar refractivity (Wildman–Crippen MR) is 175 cm³/mol. The van der Waals surface area contributed by atoms with E-state index in [1.54, 1.807) is 6.08 Å². The van der Waals surface area contributed by atoms with Crippen molar-refractivity contribution in [3.63, 3.8) is 0 Å². The van der Waals surface area contributed by atoms with Crippen LogP contribution >= 0.6 is 0 Å². The second kappa shape index (κ2) is 32.1. The van der Waals surface area contributed by atoms with Crippen LogP contribution in [0.5, 0.6) is 0 Å². The molecule has 0 aliphatic carbocycles. The molecule has 1 amide bonds. The summed E-state index contributed by atoms with van der Waals surface area (Å²) < 4.78 is 0. The third-order valence-corrected chi connectivity index (χ3v) is 7.62. The molecule has 0 saturated carbocycles. The first kappa shape index (κ1) is 38.6. The maximum absolute atomic E-state index is 12.3. The minimum atomic E-state index is -0.841. The van der Waals surface area contributed by atoms with Gasteiger partial charge in [0.2, 0.25) is 5.91 Å². The molecular weight excluding hydrogens is 494 g/mol. The molecule has 0 bridgehead atoms. The molecule has 0 saturated heterocycles. The summed E-state index contributed by atoms with van der Waals surface area (Å²) in [6.07, 6.45) is 40.7. The molecule has 2 atom stereocenters. The summed E-state index contributed by atoms with van der Waals surface area (Å²) in [4.78, 5) is 12.3. The fourth-order valence-electron chi connectivity index (χ4n) is 4.91. The molecule has 0 rings (SSSR count). The van der Waals surface area contributed by atoms with E-state index in [0.29, 0.717) is 6.42 Å². The fraction of sp³-hybridized carbons (Fsp3) is 0.806. The van der Waals surface area contributed by atoms with Crippen LogP contribution in [-0.4, -0.2) is 34.9 Å². The molecule has 0 aromatic carbocycles. The van der Waals surface area contributed by atoms with Crippen molar-refractivity contribution in [2.45, 2.75) is 180 Å². The molecule has 40 heavy (non-hydrogen) atoms. The zero-order chi connectivity index (χ0) is 29.4. The number of allylic oxidation sites excluding steroid dienone is 5. The van der Waals surface area contributed by atoms with Gasteiger partial charge in [0, 0.05) is 6.42 Å². The van der Waals surface area contributed by atoms with Crippen LogP contribution in [0.2, 0.25) is 0 Å². The zero-order valence-electron chi connectivity index (χ0n) is 26.6. The Labute approximate surface area is 249 Å². The van der Waals surface area contributed by atoms with Crippen LogP contribution in [0, 0.1) is 0 Å². The number of aliphatic hydroxyl groups is 2. The van der Waals surface area contributed by atoms with Crippen LogP contribution in [-0.2, 0) is 4.79 Å². The summed E-state index contributed by atoms with van der Waals surface area (Å²) in [6, 6.07) is -0.626. The molecule has 0 heterocycles. The van der Waals surface area contributed by atoms with Gasteiger partial charge in [0.05, 0.1) is 18.8 Å². The van der Waals surface area contributed by atoms with E-state index in [2.05, 4.69) is 43.5 Å². The lowest BCUT2D eigenvalue weighted by Crippen LogP contribution is -2.45. The van der Waals surface area contributed by atoms with Gasteiger partial charge in [0.15, 0.2) is 0 Å². The largest absolute Gasteiger partial charge is 0.394 e. The Morgan fingerprint density at radius 2 is 1.02 bits per heavy atom. The Hall–Kier alpha value is -1.39. The van der Waals surface area contributed by atoms with Crippen molar-refractivity contribution in [2.24, 2.45) is 0 Å². The van der Waals surface area contributed by atoms with Gasteiger partial charge in [-0.25, -0.2) is 0 Å². The van der Waals surface area contributed by atoms with Gasteiger partial charge in [0.25, 0.3) is 0 Å². The van der Waals surface area contributed by atoms with Crippen LogP contribution in [0.25, 0.3) is 0 Å². The van der Waals surface area contributed by atoms with Crippen molar-refractivity contribution in [2.75, 3.05) is 6.61 Å². The van der Waals surface area contributed by atoms with E-state index in [9.17, 15) is 15.0 Å². The summed E-state index contributed by atoms with van der Waals surface area (Å²) in [5.74, 6) is -0.0810. The number of rotatable bonds is 30. The first-order valence-electron chi connectivity index (χ1n) is 17.2. The van der Waals surface area contributed by atoms with Gasteiger partial charge < -0.3 is 15.5 Å². The molecule has 0 aromatic heterocycles. The van der Waals surface area contributed by atoms with Crippen LogP contribution in [0.4, 0.5) is 0 Å². The molecule has 0 aromatic rings. The number of unbranched alkanes of at least 4 members (excludes halogenated alkanes) is 19. The molecule has 0 fully saturated rings. The van der Waals surface area contributed by atoms with Crippen LogP contribution < -0.4 is 5.32 Å². The topological polar surface area (TPSA) is 69.6 Å². The maximum Gasteiger partial charge on any atom is 0.220 e. The number of nitrogens with one attached hydrogen (secondary N) is 1. The highest BCUT2D eigenvalue weighted by atomic mass is 16.3. The van der Waals surface area contributed by atoms with Gasteiger partial charge in [-0.1, -0.05) is 147 Å². The van der Waals surface area contributed by atoms with Gasteiger partial charge in [-0.2, -0.15) is 0 Å². The summed E-state index contributed by atoms with van der Waals surface area (Å²) >= 11 is 0. The Balaban J connectivity index is 3.69. The normalized spacial score (nSPS) is 13.6. The Morgan fingerprint density at radius 3 is 1.52 bits per heavy atom. The van der Waals surface area contributed by atoms with Gasteiger partial charge in [-0.15, -0.1) is 0 Å². The number of amides is 1. The molecule has 3 N–H and O–H groups in total. The van der Waals surface area contributed by atoms with Crippen LogP contribution in [0.3, 0.4) is 0 Å². The maximum atomic E-state index is 12.3. The van der Waals surface area contributed by atoms with Crippen LogP contribution in [0.15, 0.2) is 36.5 Å². The van der Waals surface area contributed by atoms with E-state index in [1.807, 2.05) is 6.08 Å². The second-order valence-electron chi connectivity index (χ2n) is 11.6. The molecule has 234 valence electrons. The lowest BCUT2D eigenvalue weighted by atomic mass is 10.1. The summed E-state index contributed by atoms with van der Waals surface area (Å²) in [6.45, 7) is 4.26. The van der Waals surface area contributed by atoms with Crippen molar-refractivity contribution in [3.8, 4) is 0 Å². The van der Waals surface area contributed by atoms with Crippen molar-refractivity contribution in [3.05, 3.63) is 36.5 Å². The molecular formula is C36H67NO3. The van der Waals surface area contributed by atoms with Crippen molar-refractivity contribution < 1.29 is 15.0 Å². The van der Waals surface area contributed by atoms with E-state index >= 15 is 0 Å². The lowest BCUT2D eigenvalue weighted by Gasteiger charge is -2.20. The van der Waals surface area contributed by atoms with E-state index in [-0.39, 0.29) is 12.5 Å². The first-order chi connectivity index (χ1) is 19.7. The molecule has 2 unspecified atom stereocenters. The third-order valence-electron chi connectivity index (χ3n) is 7.62. The van der Waals surface area contributed by atoms with Gasteiger partial charge in [-0.05, 0) is 51.4 Å². The molecule has 0 spiro atoms. The van der Waals surface area contributed by atoms with Crippen molar-refractivity contribution in [1.82, 2.24) is 5.32 Å². The Morgan fingerprint density at radius 1 is 0.600 bits per heavy atom. The molecule has 4 heteroatoms. The highest BCUT2D eigenvalue weighted by Gasteiger charge is 2.17. The number of hydrogen-bond acceptors (Lipinski definition) is 3. The molecule has 0 aliphatic heterocycles. The van der Waals surface area contributed by atoms with Crippen molar-refractivity contribution in [1.29, 1.82) is 0 Å². The van der Waals surface area contributed by atoms with E-state index in [4.69, 9.17) is 0 Å². The number of aliphatic hydroxyl groups excluding tert-OH is 2. The van der Waals surface area contributed by atoms with E-state index in [0.717, 1.165) is 44.9 Å². The first-order valence-corrected chi connectivity index (χ1v) is 17.2. The van der Waals surface area contributed by atoms with E-state index in [1.165, 1.54) is 103 Å². The quantitative estimate of drug-likeness (QED) is 0.0603. The standard InChI is InChI=1S/C36H67NO3/c1-3-5-7-9-11-13-15-17-18-19-20-22-24-26-28-30-32-36(40)37-34(33-38)35(39)31-29-27-25-23-21-16-14-12-10-8-6-4-2/h13,15,18-19,29,31,34-35,38-39H,3-12,14,16-17,20-28,30,32-33H2,1-2H3,(H,37,40)/b15-13-,19-18-,31-29+. The lowest BCUT2D eigenvalue weighted by molar-refractivity contribution is -0.123. The summed E-state index contributed by atoms with van der Waals surface area (Å²) in [5, 5.41) is 22.8. The summed E-state index contributed by atoms with van der Waals surface area (Å²) in [7, 11) is 0. The van der Waals surface area contributed by atoms with Gasteiger partial charge in [-0.3, -0.25) is 4.79 Å². The van der Waals surface area contributed by atoms with Crippen molar-refractivity contribution >= 4 is 5.91 Å². The molecule has 0 aliphatic rings. The predicted octanol–water partition coefficient (Wildman–Crippen LogP) is 9.90. The smallest absolute Gasteiger partial charge is 0.220 e. The SMILES string of the molecule is CCCCCC/C=C\C/C=C\CCCCCCCC(=O)NC(CO)C(O)/C=C/CCCCCCCCCCCC. The number of carbonyl (C=O) groups excluding carboxylic acids is 1. The fourth-order valence-corrected chi connectivity index (χ4v) is 4.91. The third kappa shape index (κ3) is 28.1. The Bertz CT molecular complexity index is 613. The average Bonchev–Trinajstić information content (AvgIpc) is 2.96. The monoisotopic (exact) mass is 562 g/mol. The molecule has 0 radical (unpaired) electrons. The molecule has 4 nitrogen and oxygen atoms in total. The minimum Gasteiger partial charge on any atom is -0.394 e. The average molecular weight is 562 g/mol. The van der Waals surface area contributed by atoms with E-state index < -0.39 is 12.1 Å². The second-order valence-corrected chi connectivity index (χ2v) is 11.6. The summed E-state index contributed by atoms with van der Waals surface area (Å²) in [5.41, 5.74) is 0.